The van der Waals surface area contributed by atoms with Gasteiger partial charge in [-0.2, -0.15) is 0 Å². The molecule has 1 heterocycles. The predicted octanol–water partition coefficient (Wildman–Crippen LogP) is 1.10. The van der Waals surface area contributed by atoms with Crippen LogP contribution in [0, 0.1) is 0 Å². The Hall–Kier alpha value is -1.45. The van der Waals surface area contributed by atoms with E-state index in [-0.39, 0.29) is 6.54 Å². The second kappa shape index (κ2) is 4.38. The van der Waals surface area contributed by atoms with Crippen LogP contribution in [0.3, 0.4) is 0 Å². The van der Waals surface area contributed by atoms with Gasteiger partial charge in [0.25, 0.3) is 0 Å². The summed E-state index contributed by atoms with van der Waals surface area (Å²) in [6.45, 7) is 0.272. The van der Waals surface area contributed by atoms with Gasteiger partial charge in [-0.05, 0) is 11.5 Å². The number of rotatable bonds is 3. The molecule has 1 aromatic carbocycles. The van der Waals surface area contributed by atoms with Gasteiger partial charge in [-0.25, -0.2) is 0 Å². The number of hydrogen-bond acceptors (Lipinski definition) is 3. The van der Waals surface area contributed by atoms with Crippen LogP contribution in [0.25, 0.3) is 10.8 Å². The first kappa shape index (κ1) is 10.1. The number of benzene rings is 1. The van der Waals surface area contributed by atoms with Crippen molar-refractivity contribution >= 4 is 10.8 Å². The number of nitrogens with two attached hydrogens (primary N) is 1. The highest BCUT2D eigenvalue weighted by Crippen LogP contribution is 2.13. The Balaban J connectivity index is 2.30. The van der Waals surface area contributed by atoms with Crippen LogP contribution in [-0.4, -0.2) is 22.7 Å². The first-order chi connectivity index (χ1) is 7.29. The molecule has 0 bridgehead atoms. The van der Waals surface area contributed by atoms with Gasteiger partial charge in [-0.1, -0.05) is 24.3 Å². The maximum Gasteiger partial charge on any atom is 0.0717 e. The van der Waals surface area contributed by atoms with Gasteiger partial charge in [0.05, 0.1) is 6.10 Å². The number of aliphatic hydroxyl groups is 1. The molecule has 0 radical (unpaired) electrons. The van der Waals surface area contributed by atoms with Gasteiger partial charge in [0.2, 0.25) is 0 Å². The highest BCUT2D eigenvalue weighted by molar-refractivity contribution is 5.81. The van der Waals surface area contributed by atoms with Crippen LogP contribution in [0.2, 0.25) is 0 Å². The normalized spacial score (nSPS) is 12.9. The van der Waals surface area contributed by atoms with E-state index in [0.29, 0.717) is 6.42 Å². The first-order valence-electron chi connectivity index (χ1n) is 5.01. The smallest absolute Gasteiger partial charge is 0.0717 e. The van der Waals surface area contributed by atoms with Crippen LogP contribution in [0.1, 0.15) is 5.69 Å². The van der Waals surface area contributed by atoms with Crippen LogP contribution >= 0.6 is 0 Å². The largest absolute Gasteiger partial charge is 0.391 e. The van der Waals surface area contributed by atoms with Crippen molar-refractivity contribution in [1.29, 1.82) is 0 Å². The predicted molar refractivity (Wildman–Crippen MR) is 60.5 cm³/mol. The van der Waals surface area contributed by atoms with Crippen molar-refractivity contribution in [2.24, 2.45) is 5.73 Å². The van der Waals surface area contributed by atoms with Crippen molar-refractivity contribution in [3.05, 3.63) is 42.2 Å². The molecule has 0 aliphatic rings. The molecule has 0 saturated carbocycles. The molecule has 0 aliphatic heterocycles. The van der Waals surface area contributed by atoms with Crippen LogP contribution in [0.4, 0.5) is 0 Å². The minimum Gasteiger partial charge on any atom is -0.391 e. The monoisotopic (exact) mass is 202 g/mol. The zero-order valence-electron chi connectivity index (χ0n) is 8.43. The molecule has 15 heavy (non-hydrogen) atoms. The third-order valence-electron chi connectivity index (χ3n) is 2.40. The average Bonchev–Trinajstić information content (AvgIpc) is 2.29. The van der Waals surface area contributed by atoms with Gasteiger partial charge in [-0.15, -0.1) is 0 Å². The third kappa shape index (κ3) is 2.32. The fourth-order valence-electron chi connectivity index (χ4n) is 1.57. The van der Waals surface area contributed by atoms with E-state index in [1.54, 1.807) is 0 Å². The molecule has 0 spiro atoms. The van der Waals surface area contributed by atoms with Crippen LogP contribution in [0.15, 0.2) is 36.5 Å². The van der Waals surface area contributed by atoms with Crippen molar-refractivity contribution in [3.8, 4) is 0 Å². The molecule has 1 aromatic heterocycles. The second-order valence-electron chi connectivity index (χ2n) is 3.62. The van der Waals surface area contributed by atoms with E-state index in [1.165, 1.54) is 0 Å². The fourth-order valence-corrected chi connectivity index (χ4v) is 1.57. The minimum absolute atomic E-state index is 0.272. The van der Waals surface area contributed by atoms with E-state index < -0.39 is 6.10 Å². The van der Waals surface area contributed by atoms with Crippen molar-refractivity contribution in [2.45, 2.75) is 12.5 Å². The van der Waals surface area contributed by atoms with Crippen LogP contribution < -0.4 is 5.73 Å². The topological polar surface area (TPSA) is 59.1 Å². The molecule has 3 nitrogen and oxygen atoms in total. The van der Waals surface area contributed by atoms with Crippen LogP contribution in [0.5, 0.6) is 0 Å². The molecule has 0 saturated heterocycles. The Morgan fingerprint density at radius 3 is 2.73 bits per heavy atom. The molecule has 3 N–H and O–H groups in total. The van der Waals surface area contributed by atoms with E-state index in [1.807, 2.05) is 36.5 Å². The molecular weight excluding hydrogens is 188 g/mol. The molecule has 2 aromatic rings. The van der Waals surface area contributed by atoms with Crippen molar-refractivity contribution in [2.75, 3.05) is 6.54 Å². The summed E-state index contributed by atoms with van der Waals surface area (Å²) in [6.07, 6.45) is 1.84. The average molecular weight is 202 g/mol. The van der Waals surface area contributed by atoms with E-state index in [9.17, 15) is 5.11 Å². The molecule has 2 rings (SSSR count). The molecule has 3 heteroatoms. The lowest BCUT2D eigenvalue weighted by atomic mass is 10.1. The summed E-state index contributed by atoms with van der Waals surface area (Å²) in [6, 6.07) is 10.0. The Bertz CT molecular complexity index is 456. The number of pyridine rings is 1. The second-order valence-corrected chi connectivity index (χ2v) is 3.62. The molecule has 0 amide bonds. The SMILES string of the molecule is NCC(O)Cc1cc2ccccc2cn1. The lowest BCUT2D eigenvalue weighted by Gasteiger charge is -2.07. The Labute approximate surface area is 88.6 Å². The summed E-state index contributed by atoms with van der Waals surface area (Å²) in [4.78, 5) is 4.28. The molecule has 0 fully saturated rings. The lowest BCUT2D eigenvalue weighted by Crippen LogP contribution is -2.22. The molecule has 0 aliphatic carbocycles. The van der Waals surface area contributed by atoms with E-state index in [2.05, 4.69) is 4.98 Å². The molecular formula is C12H14N2O. The quantitative estimate of drug-likeness (QED) is 0.783. The van der Waals surface area contributed by atoms with Gasteiger partial charge in [0, 0.05) is 30.2 Å². The van der Waals surface area contributed by atoms with E-state index >= 15 is 0 Å². The van der Waals surface area contributed by atoms with Crippen molar-refractivity contribution in [1.82, 2.24) is 4.98 Å². The minimum atomic E-state index is -0.501. The Morgan fingerprint density at radius 1 is 1.27 bits per heavy atom. The summed E-state index contributed by atoms with van der Waals surface area (Å²) in [5.41, 5.74) is 6.24. The highest BCUT2D eigenvalue weighted by atomic mass is 16.3. The van der Waals surface area contributed by atoms with Gasteiger partial charge in [0.15, 0.2) is 0 Å². The van der Waals surface area contributed by atoms with Crippen molar-refractivity contribution in [3.63, 3.8) is 0 Å². The summed E-state index contributed by atoms with van der Waals surface area (Å²) in [5.74, 6) is 0. The Kier molecular flexibility index (Phi) is 2.94. The van der Waals surface area contributed by atoms with E-state index in [0.717, 1.165) is 16.5 Å². The number of nitrogens with zero attached hydrogens (tertiary/aromatic N) is 1. The van der Waals surface area contributed by atoms with Gasteiger partial charge in [0.1, 0.15) is 0 Å². The molecule has 1 atom stereocenters. The third-order valence-corrected chi connectivity index (χ3v) is 2.40. The summed E-state index contributed by atoms with van der Waals surface area (Å²) < 4.78 is 0. The number of aliphatic hydroxyl groups excluding tert-OH is 1. The summed E-state index contributed by atoms with van der Waals surface area (Å²) >= 11 is 0. The lowest BCUT2D eigenvalue weighted by molar-refractivity contribution is 0.182. The summed E-state index contributed by atoms with van der Waals surface area (Å²) in [5, 5.41) is 11.7. The number of aromatic nitrogens is 1. The zero-order valence-corrected chi connectivity index (χ0v) is 8.43. The highest BCUT2D eigenvalue weighted by Gasteiger charge is 2.04. The standard InChI is InChI=1S/C12H14N2O/c13-7-12(15)6-11-5-9-3-1-2-4-10(9)8-14-11/h1-5,8,12,15H,6-7,13H2. The van der Waals surface area contributed by atoms with Crippen molar-refractivity contribution < 1.29 is 5.11 Å². The van der Waals surface area contributed by atoms with Crippen LogP contribution in [-0.2, 0) is 6.42 Å². The number of fused-ring (bicyclic) bond motifs is 1. The van der Waals surface area contributed by atoms with Gasteiger partial charge >= 0.3 is 0 Å². The van der Waals surface area contributed by atoms with E-state index in [4.69, 9.17) is 5.73 Å². The summed E-state index contributed by atoms with van der Waals surface area (Å²) in [7, 11) is 0. The molecule has 1 unspecified atom stereocenters. The molecule has 78 valence electrons. The maximum atomic E-state index is 9.42. The zero-order chi connectivity index (χ0) is 10.7. The van der Waals surface area contributed by atoms with Gasteiger partial charge < -0.3 is 10.8 Å². The maximum absolute atomic E-state index is 9.42. The fraction of sp³-hybridized carbons (Fsp3) is 0.250. The first-order valence-corrected chi connectivity index (χ1v) is 5.01. The van der Waals surface area contributed by atoms with Gasteiger partial charge in [-0.3, -0.25) is 4.98 Å². The Morgan fingerprint density at radius 2 is 2.00 bits per heavy atom. The number of hydrogen-bond donors (Lipinski definition) is 2.